The molecule has 0 aliphatic rings. The van der Waals surface area contributed by atoms with Crippen molar-refractivity contribution in [2.45, 2.75) is 26.9 Å². The quantitative estimate of drug-likeness (QED) is 0.772. The van der Waals surface area contributed by atoms with Crippen LogP contribution in [0.2, 0.25) is 5.02 Å². The van der Waals surface area contributed by atoms with Gasteiger partial charge in [-0.2, -0.15) is 0 Å². The molecule has 0 bridgehead atoms. The van der Waals surface area contributed by atoms with Crippen LogP contribution in [0.5, 0.6) is 11.5 Å². The van der Waals surface area contributed by atoms with Gasteiger partial charge in [0.2, 0.25) is 0 Å². The Kier molecular flexibility index (Phi) is 6.50. The zero-order valence-electron chi connectivity index (χ0n) is 14.1. The van der Waals surface area contributed by atoms with Crippen molar-refractivity contribution in [3.63, 3.8) is 0 Å². The maximum Gasteiger partial charge on any atom is 0.260 e. The summed E-state index contributed by atoms with van der Waals surface area (Å²) in [7, 11) is 0. The van der Waals surface area contributed by atoms with E-state index < -0.39 is 6.10 Å². The van der Waals surface area contributed by atoms with E-state index in [1.165, 1.54) is 0 Å². The Morgan fingerprint density at radius 1 is 1.12 bits per heavy atom. The zero-order chi connectivity index (χ0) is 17.5. The second-order valence-corrected chi connectivity index (χ2v) is 6.12. The van der Waals surface area contributed by atoms with Gasteiger partial charge in [0.15, 0.2) is 6.10 Å². The lowest BCUT2D eigenvalue weighted by Gasteiger charge is -2.15. The van der Waals surface area contributed by atoms with Crippen LogP contribution in [0.15, 0.2) is 42.5 Å². The zero-order valence-corrected chi connectivity index (χ0v) is 14.9. The lowest BCUT2D eigenvalue weighted by atomic mass is 10.1. The van der Waals surface area contributed by atoms with Gasteiger partial charge in [-0.25, -0.2) is 0 Å². The van der Waals surface area contributed by atoms with Crippen molar-refractivity contribution in [3.05, 3.63) is 58.6 Å². The molecule has 0 saturated carbocycles. The standard InChI is InChI=1S/C19H22ClNO3/c1-13-9-14(2)11-18(10-13)23-8-7-21-19(22)15(3)24-17-6-4-5-16(20)12-17/h4-6,9-12,15H,7-8H2,1-3H3,(H,21,22)/t15-/m1/s1. The highest BCUT2D eigenvalue weighted by atomic mass is 35.5. The first-order valence-corrected chi connectivity index (χ1v) is 8.23. The maximum atomic E-state index is 12.0. The molecular formula is C19H22ClNO3. The summed E-state index contributed by atoms with van der Waals surface area (Å²) in [6.07, 6.45) is -0.607. The molecule has 2 aromatic carbocycles. The fourth-order valence-corrected chi connectivity index (χ4v) is 2.48. The summed E-state index contributed by atoms with van der Waals surface area (Å²) >= 11 is 5.89. The van der Waals surface area contributed by atoms with Gasteiger partial charge in [0.25, 0.3) is 5.91 Å². The van der Waals surface area contributed by atoms with Gasteiger partial charge in [0.05, 0.1) is 6.54 Å². The fourth-order valence-electron chi connectivity index (χ4n) is 2.30. The van der Waals surface area contributed by atoms with E-state index in [1.54, 1.807) is 31.2 Å². The predicted octanol–water partition coefficient (Wildman–Crippen LogP) is 3.92. The third kappa shape index (κ3) is 5.78. The van der Waals surface area contributed by atoms with E-state index in [0.717, 1.165) is 16.9 Å². The van der Waals surface area contributed by atoms with Gasteiger partial charge in [0, 0.05) is 5.02 Å². The monoisotopic (exact) mass is 347 g/mol. The molecule has 5 heteroatoms. The molecule has 0 radical (unpaired) electrons. The van der Waals surface area contributed by atoms with Gasteiger partial charge >= 0.3 is 0 Å². The lowest BCUT2D eigenvalue weighted by Crippen LogP contribution is -2.38. The average molecular weight is 348 g/mol. The van der Waals surface area contributed by atoms with Crippen molar-refractivity contribution in [2.75, 3.05) is 13.2 Å². The Morgan fingerprint density at radius 3 is 2.50 bits per heavy atom. The molecule has 0 aliphatic heterocycles. The van der Waals surface area contributed by atoms with Gasteiger partial charge in [-0.05, 0) is 62.2 Å². The normalized spacial score (nSPS) is 11.7. The first-order chi connectivity index (χ1) is 11.4. The van der Waals surface area contributed by atoms with E-state index in [0.29, 0.717) is 23.9 Å². The molecule has 1 atom stereocenters. The van der Waals surface area contributed by atoms with Crippen LogP contribution in [-0.2, 0) is 4.79 Å². The first kappa shape index (κ1) is 18.1. The van der Waals surface area contributed by atoms with Gasteiger partial charge < -0.3 is 14.8 Å². The number of amides is 1. The van der Waals surface area contributed by atoms with Crippen molar-refractivity contribution in [1.82, 2.24) is 5.32 Å². The fraction of sp³-hybridized carbons (Fsp3) is 0.316. The second-order valence-electron chi connectivity index (χ2n) is 5.68. The van der Waals surface area contributed by atoms with E-state index in [1.807, 2.05) is 26.0 Å². The van der Waals surface area contributed by atoms with Crippen molar-refractivity contribution in [1.29, 1.82) is 0 Å². The number of benzene rings is 2. The van der Waals surface area contributed by atoms with Crippen molar-refractivity contribution in [2.24, 2.45) is 0 Å². The van der Waals surface area contributed by atoms with Crippen LogP contribution in [0.3, 0.4) is 0 Å². The summed E-state index contributed by atoms with van der Waals surface area (Å²) in [5.74, 6) is 1.18. The second kappa shape index (κ2) is 8.60. The maximum absolute atomic E-state index is 12.0. The summed E-state index contributed by atoms with van der Waals surface area (Å²) in [4.78, 5) is 12.0. The molecule has 0 aliphatic carbocycles. The number of carbonyl (C=O) groups is 1. The van der Waals surface area contributed by atoms with Crippen LogP contribution in [0.25, 0.3) is 0 Å². The lowest BCUT2D eigenvalue weighted by molar-refractivity contribution is -0.127. The topological polar surface area (TPSA) is 47.6 Å². The van der Waals surface area contributed by atoms with E-state index in [-0.39, 0.29) is 5.91 Å². The molecule has 0 spiro atoms. The molecule has 4 nitrogen and oxygen atoms in total. The molecule has 2 aromatic rings. The molecule has 128 valence electrons. The number of halogens is 1. The first-order valence-electron chi connectivity index (χ1n) is 7.85. The Balaban J connectivity index is 1.74. The Labute approximate surface area is 147 Å². The number of hydrogen-bond acceptors (Lipinski definition) is 3. The Bertz CT molecular complexity index is 683. The largest absolute Gasteiger partial charge is 0.492 e. The van der Waals surface area contributed by atoms with Crippen molar-refractivity contribution < 1.29 is 14.3 Å². The minimum atomic E-state index is -0.607. The van der Waals surface area contributed by atoms with Crippen LogP contribution in [0.4, 0.5) is 0 Å². The highest BCUT2D eigenvalue weighted by Gasteiger charge is 2.14. The van der Waals surface area contributed by atoms with Gasteiger partial charge in [0.1, 0.15) is 18.1 Å². The highest BCUT2D eigenvalue weighted by molar-refractivity contribution is 6.30. The molecule has 0 unspecified atom stereocenters. The van der Waals surface area contributed by atoms with Gasteiger partial charge in [-0.15, -0.1) is 0 Å². The number of rotatable bonds is 7. The molecule has 0 heterocycles. The number of nitrogens with one attached hydrogen (secondary N) is 1. The van der Waals surface area contributed by atoms with E-state index in [2.05, 4.69) is 11.4 Å². The van der Waals surface area contributed by atoms with Crippen LogP contribution >= 0.6 is 11.6 Å². The van der Waals surface area contributed by atoms with Gasteiger partial charge in [-0.3, -0.25) is 4.79 Å². The van der Waals surface area contributed by atoms with Crippen LogP contribution in [0, 0.1) is 13.8 Å². The van der Waals surface area contributed by atoms with E-state index >= 15 is 0 Å². The SMILES string of the molecule is Cc1cc(C)cc(OCCNC(=O)[C@@H](C)Oc2cccc(Cl)c2)c1. The molecule has 1 amide bonds. The third-order valence-corrected chi connectivity index (χ3v) is 3.58. The smallest absolute Gasteiger partial charge is 0.260 e. The Morgan fingerprint density at radius 2 is 1.83 bits per heavy atom. The van der Waals surface area contributed by atoms with Crippen molar-refractivity contribution >= 4 is 17.5 Å². The van der Waals surface area contributed by atoms with Crippen molar-refractivity contribution in [3.8, 4) is 11.5 Å². The predicted molar refractivity (Wildman–Crippen MR) is 96.0 cm³/mol. The summed E-state index contributed by atoms with van der Waals surface area (Å²) in [6, 6.07) is 13.0. The number of ether oxygens (including phenoxy) is 2. The number of hydrogen-bond donors (Lipinski definition) is 1. The van der Waals surface area contributed by atoms with E-state index in [4.69, 9.17) is 21.1 Å². The van der Waals surface area contributed by atoms with E-state index in [9.17, 15) is 4.79 Å². The molecule has 1 N–H and O–H groups in total. The molecular weight excluding hydrogens is 326 g/mol. The number of aryl methyl sites for hydroxylation is 2. The minimum absolute atomic E-state index is 0.195. The van der Waals surface area contributed by atoms with Crippen LogP contribution in [0.1, 0.15) is 18.1 Å². The summed E-state index contributed by atoms with van der Waals surface area (Å²) in [6.45, 7) is 6.56. The summed E-state index contributed by atoms with van der Waals surface area (Å²) in [5.41, 5.74) is 2.30. The van der Waals surface area contributed by atoms with Gasteiger partial charge in [-0.1, -0.05) is 23.7 Å². The number of carbonyl (C=O) groups excluding carboxylic acids is 1. The molecule has 0 fully saturated rings. The molecule has 0 saturated heterocycles. The highest BCUT2D eigenvalue weighted by Crippen LogP contribution is 2.18. The van der Waals surface area contributed by atoms with Crippen LogP contribution < -0.4 is 14.8 Å². The minimum Gasteiger partial charge on any atom is -0.492 e. The summed E-state index contributed by atoms with van der Waals surface area (Å²) < 4.78 is 11.2. The molecule has 24 heavy (non-hydrogen) atoms. The molecule has 2 rings (SSSR count). The van der Waals surface area contributed by atoms with Crippen LogP contribution in [-0.4, -0.2) is 25.2 Å². The average Bonchev–Trinajstić information content (AvgIpc) is 2.50. The third-order valence-electron chi connectivity index (χ3n) is 3.34. The molecule has 0 aromatic heterocycles. The summed E-state index contributed by atoms with van der Waals surface area (Å²) in [5, 5.41) is 3.37. The Hall–Kier alpha value is -2.20.